The molecule has 7 nitrogen and oxygen atoms in total. The molecule has 0 radical (unpaired) electrons. The lowest BCUT2D eigenvalue weighted by Gasteiger charge is -2.00. The number of hydrogen-bond acceptors (Lipinski definition) is 5. The van der Waals surface area contributed by atoms with Gasteiger partial charge in [-0.05, 0) is 4.92 Å². The monoisotopic (exact) mass is 249 g/mol. The van der Waals surface area contributed by atoms with Crippen molar-refractivity contribution < 1.29 is 14.4 Å². The van der Waals surface area contributed by atoms with Crippen LogP contribution in [0.2, 0.25) is 5.02 Å². The van der Waals surface area contributed by atoms with E-state index in [0.717, 1.165) is 0 Å². The summed E-state index contributed by atoms with van der Waals surface area (Å²) in [5.74, 6) is -0.335. The molecule has 0 aromatic carbocycles. The Balaban J connectivity index is 2.37. The van der Waals surface area contributed by atoms with Crippen LogP contribution in [0, 0.1) is 10.1 Å². The standard InChI is InChI=1S/C8H12ClN3O4/c1-15-4-5-16-3-2-11-6-7(9)8(10-11)12(13)14/h6H,2-5H2,1H3. The third-order valence-electron chi connectivity index (χ3n) is 1.77. The highest BCUT2D eigenvalue weighted by molar-refractivity contribution is 6.32. The first-order valence-electron chi connectivity index (χ1n) is 4.59. The summed E-state index contributed by atoms with van der Waals surface area (Å²) in [6, 6.07) is 0. The first kappa shape index (κ1) is 12.9. The molecular weight excluding hydrogens is 238 g/mol. The van der Waals surface area contributed by atoms with Gasteiger partial charge in [-0.2, -0.15) is 4.68 Å². The van der Waals surface area contributed by atoms with Crippen LogP contribution in [-0.4, -0.2) is 41.6 Å². The Labute approximate surface area is 97.0 Å². The molecule has 1 aromatic heterocycles. The van der Waals surface area contributed by atoms with Gasteiger partial charge in [0.25, 0.3) is 0 Å². The number of nitrogens with zero attached hydrogens (tertiary/aromatic N) is 3. The van der Waals surface area contributed by atoms with E-state index in [2.05, 4.69) is 5.10 Å². The molecule has 0 spiro atoms. The van der Waals surface area contributed by atoms with Gasteiger partial charge in [-0.25, -0.2) is 0 Å². The molecule has 90 valence electrons. The molecule has 0 bridgehead atoms. The maximum atomic E-state index is 10.4. The zero-order valence-corrected chi connectivity index (χ0v) is 9.51. The molecular formula is C8H12ClN3O4. The Morgan fingerprint density at radius 1 is 1.56 bits per heavy atom. The summed E-state index contributed by atoms with van der Waals surface area (Å²) in [5, 5.41) is 14.2. The fourth-order valence-electron chi connectivity index (χ4n) is 1.03. The van der Waals surface area contributed by atoms with Gasteiger partial charge in [0.1, 0.15) is 0 Å². The third-order valence-corrected chi connectivity index (χ3v) is 2.04. The van der Waals surface area contributed by atoms with Crippen LogP contribution < -0.4 is 0 Å². The van der Waals surface area contributed by atoms with E-state index in [0.29, 0.717) is 26.4 Å². The van der Waals surface area contributed by atoms with Crippen molar-refractivity contribution in [3.8, 4) is 0 Å². The minimum atomic E-state index is -0.620. The van der Waals surface area contributed by atoms with Crippen LogP contribution in [0.4, 0.5) is 5.82 Å². The molecule has 8 heteroatoms. The van der Waals surface area contributed by atoms with Crippen LogP contribution in [0.1, 0.15) is 0 Å². The summed E-state index contributed by atoms with van der Waals surface area (Å²) in [7, 11) is 1.58. The molecule has 0 aliphatic carbocycles. The molecule has 0 aliphatic rings. The van der Waals surface area contributed by atoms with Crippen LogP contribution in [0.15, 0.2) is 6.20 Å². The number of aromatic nitrogens is 2. The quantitative estimate of drug-likeness (QED) is 0.411. The topological polar surface area (TPSA) is 79.4 Å². The van der Waals surface area contributed by atoms with E-state index in [1.807, 2.05) is 0 Å². The lowest BCUT2D eigenvalue weighted by molar-refractivity contribution is -0.389. The Bertz CT molecular complexity index is 355. The highest BCUT2D eigenvalue weighted by Gasteiger charge is 2.18. The van der Waals surface area contributed by atoms with Crippen molar-refractivity contribution in [1.29, 1.82) is 0 Å². The maximum absolute atomic E-state index is 10.4. The Morgan fingerprint density at radius 3 is 2.88 bits per heavy atom. The second-order valence-corrected chi connectivity index (χ2v) is 3.33. The van der Waals surface area contributed by atoms with E-state index in [1.165, 1.54) is 10.9 Å². The van der Waals surface area contributed by atoms with Crippen molar-refractivity contribution in [3.05, 3.63) is 21.3 Å². The second-order valence-electron chi connectivity index (χ2n) is 2.93. The molecule has 1 heterocycles. The maximum Gasteiger partial charge on any atom is 0.408 e. The molecule has 16 heavy (non-hydrogen) atoms. The highest BCUT2D eigenvalue weighted by atomic mass is 35.5. The first-order chi connectivity index (χ1) is 7.65. The van der Waals surface area contributed by atoms with Crippen LogP contribution in [0.5, 0.6) is 0 Å². The lowest BCUT2D eigenvalue weighted by atomic mass is 10.6. The summed E-state index contributed by atoms with van der Waals surface area (Å²) in [6.45, 7) is 1.81. The Morgan fingerprint density at radius 2 is 2.31 bits per heavy atom. The third kappa shape index (κ3) is 3.76. The van der Waals surface area contributed by atoms with Gasteiger partial charge in [0.15, 0.2) is 5.02 Å². The van der Waals surface area contributed by atoms with Gasteiger partial charge in [0, 0.05) is 7.11 Å². The molecule has 1 aromatic rings. The van der Waals surface area contributed by atoms with E-state index in [9.17, 15) is 10.1 Å². The number of nitro groups is 1. The minimum Gasteiger partial charge on any atom is -0.382 e. The molecule has 0 saturated carbocycles. The van der Waals surface area contributed by atoms with E-state index in [4.69, 9.17) is 21.1 Å². The van der Waals surface area contributed by atoms with Gasteiger partial charge in [-0.1, -0.05) is 11.6 Å². The van der Waals surface area contributed by atoms with Gasteiger partial charge < -0.3 is 19.6 Å². The van der Waals surface area contributed by atoms with Crippen molar-refractivity contribution in [1.82, 2.24) is 9.78 Å². The Kier molecular flexibility index (Phi) is 5.17. The zero-order valence-electron chi connectivity index (χ0n) is 8.76. The summed E-state index contributed by atoms with van der Waals surface area (Å²) in [4.78, 5) is 9.83. The second kappa shape index (κ2) is 6.41. The fraction of sp³-hybridized carbons (Fsp3) is 0.625. The molecule has 0 atom stereocenters. The zero-order chi connectivity index (χ0) is 12.0. The number of halogens is 1. The van der Waals surface area contributed by atoms with Crippen LogP contribution in [-0.2, 0) is 16.0 Å². The van der Waals surface area contributed by atoms with Crippen molar-refractivity contribution >= 4 is 17.4 Å². The average Bonchev–Trinajstić information content (AvgIpc) is 2.59. The van der Waals surface area contributed by atoms with Crippen molar-refractivity contribution in [3.63, 3.8) is 0 Å². The van der Waals surface area contributed by atoms with Gasteiger partial charge in [0.2, 0.25) is 0 Å². The van der Waals surface area contributed by atoms with E-state index < -0.39 is 4.92 Å². The normalized spacial score (nSPS) is 10.6. The van der Waals surface area contributed by atoms with Crippen LogP contribution in [0.25, 0.3) is 0 Å². The molecule has 0 amide bonds. The number of rotatable bonds is 7. The SMILES string of the molecule is COCCOCCn1cc(Cl)c([N+](=O)[O-])n1. The fourth-order valence-corrected chi connectivity index (χ4v) is 1.25. The van der Waals surface area contributed by atoms with E-state index >= 15 is 0 Å². The molecule has 0 unspecified atom stereocenters. The predicted octanol–water partition coefficient (Wildman–Crippen LogP) is 1.11. The Hall–Kier alpha value is -1.18. The van der Waals surface area contributed by atoms with Crippen LogP contribution >= 0.6 is 11.6 Å². The minimum absolute atomic E-state index is 0.0295. The van der Waals surface area contributed by atoms with Gasteiger partial charge >= 0.3 is 5.82 Å². The lowest BCUT2D eigenvalue weighted by Crippen LogP contribution is -2.09. The smallest absolute Gasteiger partial charge is 0.382 e. The number of ether oxygens (including phenoxy) is 2. The van der Waals surface area contributed by atoms with Crippen molar-refractivity contribution in [2.45, 2.75) is 6.54 Å². The van der Waals surface area contributed by atoms with Crippen LogP contribution in [0.3, 0.4) is 0 Å². The predicted molar refractivity (Wildman–Crippen MR) is 56.6 cm³/mol. The molecule has 0 saturated heterocycles. The number of hydrogen-bond donors (Lipinski definition) is 0. The van der Waals surface area contributed by atoms with Crippen molar-refractivity contribution in [2.24, 2.45) is 0 Å². The highest BCUT2D eigenvalue weighted by Crippen LogP contribution is 2.20. The first-order valence-corrected chi connectivity index (χ1v) is 4.97. The number of methoxy groups -OCH3 is 1. The van der Waals surface area contributed by atoms with Gasteiger partial charge in [-0.3, -0.25) is 0 Å². The molecule has 1 rings (SSSR count). The van der Waals surface area contributed by atoms with Gasteiger partial charge in [0.05, 0.1) is 37.7 Å². The average molecular weight is 250 g/mol. The summed E-state index contributed by atoms with van der Waals surface area (Å²) < 4.78 is 11.4. The molecule has 0 N–H and O–H groups in total. The van der Waals surface area contributed by atoms with E-state index in [1.54, 1.807) is 7.11 Å². The molecule has 0 aliphatic heterocycles. The van der Waals surface area contributed by atoms with E-state index in [-0.39, 0.29) is 10.8 Å². The summed E-state index contributed by atoms with van der Waals surface area (Å²) >= 11 is 5.62. The summed E-state index contributed by atoms with van der Waals surface area (Å²) in [5.41, 5.74) is 0. The van der Waals surface area contributed by atoms with Gasteiger partial charge in [-0.15, -0.1) is 0 Å². The largest absolute Gasteiger partial charge is 0.408 e. The molecule has 0 fully saturated rings. The summed E-state index contributed by atoms with van der Waals surface area (Å²) in [6.07, 6.45) is 1.40. The van der Waals surface area contributed by atoms with Crippen molar-refractivity contribution in [2.75, 3.05) is 26.9 Å².